The summed E-state index contributed by atoms with van der Waals surface area (Å²) in [6, 6.07) is 22.1. The second kappa shape index (κ2) is 11.9. The van der Waals surface area contributed by atoms with Gasteiger partial charge in [0.25, 0.3) is 0 Å². The van der Waals surface area contributed by atoms with Crippen LogP contribution in [-0.2, 0) is 22.8 Å². The van der Waals surface area contributed by atoms with Crippen molar-refractivity contribution in [1.29, 1.82) is 0 Å². The number of halogens is 2. The van der Waals surface area contributed by atoms with Gasteiger partial charge in [0.1, 0.15) is 0 Å². The van der Waals surface area contributed by atoms with Crippen molar-refractivity contribution in [2.75, 3.05) is 0 Å². The molecule has 0 atom stereocenters. The van der Waals surface area contributed by atoms with Crippen LogP contribution in [0.5, 0.6) is 0 Å². The van der Waals surface area contributed by atoms with E-state index >= 15 is 0 Å². The Morgan fingerprint density at radius 1 is 0.800 bits per heavy atom. The van der Waals surface area contributed by atoms with Crippen LogP contribution in [0.15, 0.2) is 104 Å². The number of rotatable bonds is 6. The molecule has 30 heavy (non-hydrogen) atoms. The Labute approximate surface area is 204 Å². The average molecular weight is 516 g/mol. The van der Waals surface area contributed by atoms with Crippen molar-refractivity contribution in [2.24, 2.45) is 0 Å². The number of allylic oxidation sites excluding steroid dienone is 8. The van der Waals surface area contributed by atoms with E-state index in [2.05, 4.69) is 92.7 Å². The van der Waals surface area contributed by atoms with Crippen LogP contribution in [0.3, 0.4) is 0 Å². The summed E-state index contributed by atoms with van der Waals surface area (Å²) < 4.78 is 3.40. The molecule has 0 bridgehead atoms. The van der Waals surface area contributed by atoms with Gasteiger partial charge in [0.15, 0.2) is 0 Å². The zero-order chi connectivity index (χ0) is 19.3. The molecule has 3 heteroatoms. The Morgan fingerprint density at radius 2 is 1.37 bits per heavy atom. The maximum Gasteiger partial charge on any atom is -0.147 e. The number of hydrogen-bond acceptors (Lipinski definition) is 0. The molecule has 2 aromatic carbocycles. The van der Waals surface area contributed by atoms with E-state index in [-0.39, 0.29) is 24.8 Å². The summed E-state index contributed by atoms with van der Waals surface area (Å²) in [6.45, 7) is 4.68. The Balaban J connectivity index is 0.00000160. The van der Waals surface area contributed by atoms with Gasteiger partial charge in [-0.1, -0.05) is 0 Å². The smallest absolute Gasteiger partial charge is 0.147 e. The van der Waals surface area contributed by atoms with E-state index < -0.39 is 22.8 Å². The Morgan fingerprint density at radius 3 is 1.83 bits per heavy atom. The van der Waals surface area contributed by atoms with Crippen molar-refractivity contribution >= 4 is 28.0 Å². The summed E-state index contributed by atoms with van der Waals surface area (Å²) in [4.78, 5) is 0. The molecule has 0 nitrogen and oxygen atoms in total. The quantitative estimate of drug-likeness (QED) is 0.368. The summed E-state index contributed by atoms with van der Waals surface area (Å²) >= 11 is -0.900. The van der Waals surface area contributed by atoms with Crippen LogP contribution in [0.1, 0.15) is 50.7 Å². The molecule has 2 aliphatic carbocycles. The van der Waals surface area contributed by atoms with Gasteiger partial charge in [-0.25, -0.2) is 0 Å². The van der Waals surface area contributed by atoms with E-state index in [4.69, 9.17) is 0 Å². The van der Waals surface area contributed by atoms with Gasteiger partial charge < -0.3 is 0 Å². The van der Waals surface area contributed by atoms with Crippen molar-refractivity contribution < 1.29 is 22.8 Å². The summed E-state index contributed by atoms with van der Waals surface area (Å²) in [6.07, 6.45) is 11.5. The van der Waals surface area contributed by atoms with Crippen LogP contribution in [0.25, 0.3) is 0 Å². The van der Waals surface area contributed by atoms with Gasteiger partial charge in [0, 0.05) is 0 Å². The molecule has 0 saturated heterocycles. The van der Waals surface area contributed by atoms with E-state index in [1.165, 1.54) is 24.0 Å². The molecule has 155 valence electrons. The monoisotopic (exact) mass is 513 g/mol. The third-order valence-electron chi connectivity index (χ3n) is 5.71. The Bertz CT molecular complexity index is 968. The van der Waals surface area contributed by atoms with E-state index in [9.17, 15) is 0 Å². The fraction of sp³-hybridized carbons (Fsp3) is 0.222. The van der Waals surface area contributed by atoms with Crippen molar-refractivity contribution in [3.8, 4) is 0 Å². The molecule has 0 saturated carbocycles. The van der Waals surface area contributed by atoms with Gasteiger partial charge in [-0.15, -0.1) is 24.8 Å². The molecule has 0 fully saturated rings. The molecule has 0 heterocycles. The first-order chi connectivity index (χ1) is 13.8. The van der Waals surface area contributed by atoms with Gasteiger partial charge >= 0.3 is 181 Å². The fourth-order valence-corrected chi connectivity index (χ4v) is 8.48. The molecule has 2 aromatic rings. The van der Waals surface area contributed by atoms with Gasteiger partial charge in [-0.2, -0.15) is 0 Å². The Kier molecular flexibility index (Phi) is 9.95. The minimum atomic E-state index is -0.900. The van der Waals surface area contributed by atoms with Crippen LogP contribution >= 0.6 is 24.8 Å². The summed E-state index contributed by atoms with van der Waals surface area (Å²) in [5.41, 5.74) is 9.35. The summed E-state index contributed by atoms with van der Waals surface area (Å²) in [7, 11) is 0. The summed E-state index contributed by atoms with van der Waals surface area (Å²) in [5, 5.41) is 0. The topological polar surface area (TPSA) is 0 Å². The van der Waals surface area contributed by atoms with Gasteiger partial charge in [0.2, 0.25) is 0 Å². The predicted octanol–water partition coefficient (Wildman–Crippen LogP) is 7.84. The Hall–Kier alpha value is -1.27. The molecule has 0 spiro atoms. The average Bonchev–Trinajstić information content (AvgIpc) is 3.40. The van der Waals surface area contributed by atoms with Gasteiger partial charge in [0.05, 0.1) is 0 Å². The van der Waals surface area contributed by atoms with Crippen molar-refractivity contribution in [3.05, 3.63) is 116 Å². The second-order valence-corrected chi connectivity index (χ2v) is 10.7. The molecular weight excluding hydrogens is 486 g/mol. The third-order valence-corrected chi connectivity index (χ3v) is 9.66. The maximum absolute atomic E-state index is 2.35. The molecule has 0 amide bonds. The first kappa shape index (κ1) is 25.0. The third kappa shape index (κ3) is 5.31. The minimum Gasteiger partial charge on any atom is -0.147 e. The molecule has 0 aliphatic heterocycles. The van der Waals surface area contributed by atoms with Crippen molar-refractivity contribution in [3.63, 3.8) is 0 Å². The van der Waals surface area contributed by atoms with E-state index in [0.29, 0.717) is 0 Å². The van der Waals surface area contributed by atoms with Crippen LogP contribution in [-0.4, -0.2) is 3.21 Å². The molecule has 0 N–H and O–H groups in total. The molecule has 4 rings (SSSR count). The number of benzene rings is 2. The molecule has 2 aliphatic rings. The first-order valence-electron chi connectivity index (χ1n) is 10.4. The van der Waals surface area contributed by atoms with Gasteiger partial charge in [-0.3, -0.25) is 0 Å². The number of hydrogen-bond donors (Lipinski definition) is 0. The van der Waals surface area contributed by atoms with Crippen molar-refractivity contribution in [2.45, 2.75) is 39.5 Å². The van der Waals surface area contributed by atoms with E-state index in [0.717, 1.165) is 12.8 Å². The minimum absolute atomic E-state index is 0. The molecule has 0 unspecified atom stereocenters. The van der Waals surface area contributed by atoms with Crippen molar-refractivity contribution in [1.82, 2.24) is 0 Å². The van der Waals surface area contributed by atoms with Crippen LogP contribution in [0.4, 0.5) is 0 Å². The SMILES string of the molecule is CCC1=[C]([Zr]=[C](c2ccccc2)c2ccccc2)CC(C2=CC=CC2)=C1CC.Cl.Cl. The first-order valence-corrected chi connectivity index (χ1v) is 12.8. The normalized spacial score (nSPS) is 14.8. The standard InChI is InChI=1S/C14H17.C13H10.2ClH.Zr/c1-3-11-9-10-14(13(11)4-2)12-7-5-6-8-12;1-3-7-12(8-4-1)11-13-9-5-2-6-10-13;;;/h5-7H,3-4,8,10H2,1-2H3;1-10H;2*1H;. The molecular formula is C27H29Cl2Zr. The zero-order valence-electron chi connectivity index (χ0n) is 17.7. The second-order valence-electron chi connectivity index (χ2n) is 7.35. The zero-order valence-corrected chi connectivity index (χ0v) is 21.7. The van der Waals surface area contributed by atoms with E-state index in [1.54, 1.807) is 28.8 Å². The largest absolute Gasteiger partial charge is 0.147 e. The molecule has 0 aromatic heterocycles. The van der Waals surface area contributed by atoms with Gasteiger partial charge in [-0.05, 0) is 0 Å². The van der Waals surface area contributed by atoms with Crippen LogP contribution in [0, 0.1) is 0 Å². The van der Waals surface area contributed by atoms with Crippen LogP contribution < -0.4 is 0 Å². The predicted molar refractivity (Wildman–Crippen MR) is 132 cm³/mol. The maximum atomic E-state index is 2.35. The fourth-order valence-electron chi connectivity index (χ4n) is 4.38. The summed E-state index contributed by atoms with van der Waals surface area (Å²) in [5.74, 6) is 0. The van der Waals surface area contributed by atoms with Crippen LogP contribution in [0.2, 0.25) is 0 Å². The molecule has 0 radical (unpaired) electrons. The van der Waals surface area contributed by atoms with E-state index in [1.807, 2.05) is 0 Å².